The summed E-state index contributed by atoms with van der Waals surface area (Å²) in [5.74, 6) is -3.20. The Balaban J connectivity index is 1.52. The number of aliphatic hydroxyl groups excluding tert-OH is 4. The van der Waals surface area contributed by atoms with Crippen molar-refractivity contribution in [3.63, 3.8) is 0 Å². The third-order valence-electron chi connectivity index (χ3n) is 7.66. The van der Waals surface area contributed by atoms with Crippen LogP contribution in [0.15, 0.2) is 66.0 Å². The minimum absolute atomic E-state index is 0.0101. The smallest absolute Gasteiger partial charge is 0.306 e. The summed E-state index contributed by atoms with van der Waals surface area (Å²) in [7, 11) is 0. The summed E-state index contributed by atoms with van der Waals surface area (Å²) in [5.41, 5.74) is 14.2. The molecule has 15 heteroatoms. The Morgan fingerprint density at radius 3 is 2.30 bits per heavy atom. The summed E-state index contributed by atoms with van der Waals surface area (Å²) in [5, 5.41) is 61.6. The van der Waals surface area contributed by atoms with Crippen molar-refractivity contribution in [2.75, 3.05) is 6.61 Å². The zero-order valence-electron chi connectivity index (χ0n) is 23.3. The van der Waals surface area contributed by atoms with Crippen molar-refractivity contribution < 1.29 is 48.6 Å². The molecule has 2 aromatic rings. The number of aliphatic carboxylic acids is 1. The Bertz CT molecular complexity index is 1380. The molecule has 1 aliphatic carbocycles. The topological polar surface area (TPSA) is 223 Å². The Kier molecular flexibility index (Phi) is 11.0. The van der Waals surface area contributed by atoms with Crippen LogP contribution in [0.3, 0.4) is 0 Å². The third-order valence-corrected chi connectivity index (χ3v) is 7.66. The number of benzene rings is 2. The maximum Gasteiger partial charge on any atom is 0.306 e. The van der Waals surface area contributed by atoms with Gasteiger partial charge in [-0.1, -0.05) is 24.3 Å². The predicted octanol–water partition coefficient (Wildman–Crippen LogP) is 0.848. The van der Waals surface area contributed by atoms with Crippen molar-refractivity contribution in [1.29, 1.82) is 5.53 Å². The monoisotopic (exact) mass is 619 g/mol. The minimum atomic E-state index is -1.63. The first-order valence-corrected chi connectivity index (χ1v) is 13.8. The number of carbonyl (C=O) groups is 1. The molecule has 0 aromatic heterocycles. The van der Waals surface area contributed by atoms with Gasteiger partial charge in [0.25, 0.3) is 0 Å². The van der Waals surface area contributed by atoms with E-state index in [2.05, 4.69) is 15.7 Å². The highest BCUT2D eigenvalue weighted by Gasteiger charge is 2.48. The van der Waals surface area contributed by atoms with Gasteiger partial charge in [-0.15, -0.1) is 0 Å². The van der Waals surface area contributed by atoms with Crippen molar-refractivity contribution in [2.45, 2.75) is 61.7 Å². The zero-order chi connectivity index (χ0) is 32.0. The first-order chi connectivity index (χ1) is 21.0. The number of nitrogens with one attached hydrogen (secondary N) is 3. The van der Waals surface area contributed by atoms with E-state index in [0.29, 0.717) is 5.56 Å². The first kappa shape index (κ1) is 32.9. The van der Waals surface area contributed by atoms with Crippen molar-refractivity contribution in [3.05, 3.63) is 83.7 Å². The maximum atomic E-state index is 13.7. The molecular formula is C29H35F2N5O8. The molecule has 4 rings (SSSR count). The normalized spacial score (nSPS) is 31.3. The summed E-state index contributed by atoms with van der Waals surface area (Å²) in [6, 6.07) is 8.64. The van der Waals surface area contributed by atoms with Gasteiger partial charge in [0.15, 0.2) is 6.29 Å². The number of halogens is 2. The molecule has 0 radical (unpaired) electrons. The molecule has 0 spiro atoms. The van der Waals surface area contributed by atoms with Gasteiger partial charge in [0, 0.05) is 23.5 Å². The van der Waals surface area contributed by atoms with Crippen molar-refractivity contribution >= 4 is 17.4 Å². The van der Waals surface area contributed by atoms with Crippen LogP contribution in [0.2, 0.25) is 0 Å². The lowest BCUT2D eigenvalue weighted by atomic mass is 9.81. The quantitative estimate of drug-likeness (QED) is 0.160. The summed E-state index contributed by atoms with van der Waals surface area (Å²) >= 11 is 0. The van der Waals surface area contributed by atoms with Crippen LogP contribution in [0.4, 0.5) is 8.78 Å². The Labute approximate surface area is 251 Å². The lowest BCUT2D eigenvalue weighted by Gasteiger charge is -2.45. The van der Waals surface area contributed by atoms with Crippen molar-refractivity contribution in [1.82, 2.24) is 10.6 Å². The van der Waals surface area contributed by atoms with E-state index in [9.17, 15) is 39.1 Å². The van der Waals surface area contributed by atoms with E-state index >= 15 is 0 Å². The van der Waals surface area contributed by atoms with Crippen LogP contribution in [-0.4, -0.2) is 87.0 Å². The number of hydrogen-bond acceptors (Lipinski definition) is 12. The molecular weight excluding hydrogens is 584 g/mol. The van der Waals surface area contributed by atoms with E-state index in [1.54, 1.807) is 6.07 Å². The number of carboxylic acids is 1. The fourth-order valence-corrected chi connectivity index (χ4v) is 5.25. The molecule has 6 unspecified atom stereocenters. The number of rotatable bonds is 11. The molecule has 0 amide bonds. The highest BCUT2D eigenvalue weighted by molar-refractivity contribution is 5.70. The van der Waals surface area contributed by atoms with Crippen LogP contribution in [0.1, 0.15) is 24.0 Å². The second-order valence-corrected chi connectivity index (χ2v) is 10.6. The van der Waals surface area contributed by atoms with Gasteiger partial charge in [-0.3, -0.25) is 4.79 Å². The van der Waals surface area contributed by atoms with Crippen LogP contribution >= 0.6 is 0 Å². The van der Waals surface area contributed by atoms with Gasteiger partial charge in [0.2, 0.25) is 0 Å². The fraction of sp³-hybridized carbons (Fsp3) is 0.414. The highest BCUT2D eigenvalue weighted by atomic mass is 19.1. The van der Waals surface area contributed by atoms with E-state index in [4.69, 9.17) is 20.7 Å². The molecule has 1 saturated carbocycles. The van der Waals surface area contributed by atoms with Crippen LogP contribution in [0.25, 0.3) is 11.4 Å². The van der Waals surface area contributed by atoms with Gasteiger partial charge in [-0.05, 0) is 37.1 Å². The van der Waals surface area contributed by atoms with Gasteiger partial charge >= 0.3 is 5.97 Å². The van der Waals surface area contributed by atoms with Gasteiger partial charge in [0.05, 0.1) is 36.4 Å². The van der Waals surface area contributed by atoms with Gasteiger partial charge in [0.1, 0.15) is 41.7 Å². The molecule has 1 aliphatic heterocycles. The van der Waals surface area contributed by atoms with E-state index in [0.717, 1.165) is 6.07 Å². The molecule has 10 N–H and O–H groups in total. The fourth-order valence-electron chi connectivity index (χ4n) is 5.25. The van der Waals surface area contributed by atoms with E-state index in [1.165, 1.54) is 48.8 Å². The molecule has 2 fully saturated rings. The molecule has 9 atom stereocenters. The lowest BCUT2D eigenvalue weighted by molar-refractivity contribution is -0.302. The average Bonchev–Trinajstić information content (AvgIpc) is 3.00. The number of nitrogens with two attached hydrogens (primary N) is 1. The summed E-state index contributed by atoms with van der Waals surface area (Å²) < 4.78 is 38.8. The molecule has 2 aromatic carbocycles. The second kappa shape index (κ2) is 14.7. The van der Waals surface area contributed by atoms with Crippen LogP contribution < -0.4 is 16.4 Å². The zero-order valence-corrected chi connectivity index (χ0v) is 23.3. The van der Waals surface area contributed by atoms with Crippen molar-refractivity contribution in [2.24, 2.45) is 16.8 Å². The second-order valence-electron chi connectivity index (χ2n) is 10.6. The van der Waals surface area contributed by atoms with Gasteiger partial charge < -0.3 is 51.4 Å². The Morgan fingerprint density at radius 2 is 1.68 bits per heavy atom. The highest BCUT2D eigenvalue weighted by Crippen LogP contribution is 2.32. The van der Waals surface area contributed by atoms with E-state index in [-0.39, 0.29) is 29.8 Å². The van der Waals surface area contributed by atoms with Crippen molar-refractivity contribution in [3.8, 4) is 0 Å². The van der Waals surface area contributed by atoms with Gasteiger partial charge in [-0.2, -0.15) is 5.11 Å². The lowest BCUT2D eigenvalue weighted by Crippen LogP contribution is -2.64. The number of hydrogen-bond donors (Lipinski definition) is 9. The van der Waals surface area contributed by atoms with Crippen LogP contribution in [-0.2, 0) is 14.3 Å². The van der Waals surface area contributed by atoms with E-state index < -0.39 is 79.0 Å². The largest absolute Gasteiger partial charge is 0.481 e. The predicted molar refractivity (Wildman–Crippen MR) is 151 cm³/mol. The number of aliphatic hydroxyl groups is 4. The Hall–Kier alpha value is -3.99. The molecule has 0 bridgehead atoms. The molecule has 238 valence electrons. The summed E-state index contributed by atoms with van der Waals surface area (Å²) in [4.78, 5) is 12.0. The standard InChI is InChI=1S/C29H35F2N5O8/c30-17-5-1-3-14(7-17)19(32)11-34-20-9-16(28(41)42)10-22(25(20)38)43-29-27(40)24(26(39)23(13-37)44-29)35-12-21(36-33)15-4-2-6-18(31)8-15/h1-8,11-12,16,20,22-27,29,33-35,37-40H,9-10,13,32H2,(H,41,42)/b19-11-,21-12-,36-33?/t16?,20?,22-,23?,24?,25?,26+,27?,29-/m1/s1. The van der Waals surface area contributed by atoms with Crippen LogP contribution in [0.5, 0.6) is 0 Å². The Morgan fingerprint density at radius 1 is 1.02 bits per heavy atom. The first-order valence-electron chi connectivity index (χ1n) is 13.8. The summed E-state index contributed by atoms with van der Waals surface area (Å²) in [6.07, 6.45) is -6.11. The maximum absolute atomic E-state index is 13.7. The SMILES string of the molecule is N=N/C(=C\NC1C(O)[C@H](O[C@@H]2CC(C(=O)O)CC(N/C=C(\N)c3cccc(F)c3)C2O)OC(CO)[C@@H]1O)c1cccc(F)c1. The summed E-state index contributed by atoms with van der Waals surface area (Å²) in [6.45, 7) is -0.686. The minimum Gasteiger partial charge on any atom is -0.481 e. The third kappa shape index (κ3) is 7.74. The molecule has 44 heavy (non-hydrogen) atoms. The number of carboxylic acid groups (broad SMARTS) is 1. The number of nitrogens with zero attached hydrogens (tertiary/aromatic N) is 1. The molecule has 13 nitrogen and oxygen atoms in total. The molecule has 2 aliphatic rings. The number of ether oxygens (including phenoxy) is 2. The van der Waals surface area contributed by atoms with Gasteiger partial charge in [-0.25, -0.2) is 14.3 Å². The van der Waals surface area contributed by atoms with Crippen LogP contribution in [0, 0.1) is 23.1 Å². The average molecular weight is 620 g/mol. The van der Waals surface area contributed by atoms with E-state index in [1.807, 2.05) is 0 Å². The molecule has 1 heterocycles. The molecule has 1 saturated heterocycles.